The Morgan fingerprint density at radius 1 is 0.870 bits per heavy atom. The SMILES string of the molecule is CC(=Nc1cc(C(=O)Nc2ccc(O)cc2)ccc1C)c1cccc(Oc2ccccc2)c1.CCC(N)=O.CCCN=CN.CN. The van der Waals surface area contributed by atoms with Crippen molar-refractivity contribution >= 4 is 35.2 Å². The molecule has 0 atom stereocenters. The van der Waals surface area contributed by atoms with Gasteiger partial charge in [0.1, 0.15) is 17.2 Å². The molecule has 4 aromatic carbocycles. The average molecular weight is 627 g/mol. The summed E-state index contributed by atoms with van der Waals surface area (Å²) >= 11 is 0. The summed E-state index contributed by atoms with van der Waals surface area (Å²) in [6.45, 7) is 8.54. The number of hydrogen-bond donors (Lipinski definition) is 5. The van der Waals surface area contributed by atoms with Crippen molar-refractivity contribution in [2.45, 2.75) is 40.5 Å². The summed E-state index contributed by atoms with van der Waals surface area (Å²) in [6.07, 6.45) is 2.86. The van der Waals surface area contributed by atoms with Gasteiger partial charge in [-0.25, -0.2) is 0 Å². The fraction of sp³-hybridized carbons (Fsp3) is 0.222. The van der Waals surface area contributed by atoms with Crippen LogP contribution in [-0.2, 0) is 4.79 Å². The predicted octanol–water partition coefficient (Wildman–Crippen LogP) is 6.73. The number of amides is 2. The third-order valence-corrected chi connectivity index (χ3v) is 5.92. The number of phenolic OH excluding ortho intramolecular Hbond substituents is 1. The molecule has 4 aromatic rings. The molecular formula is C36H46N6O4. The minimum absolute atomic E-state index is 0.147. The Balaban J connectivity index is 0.000000693. The molecule has 0 aliphatic heterocycles. The van der Waals surface area contributed by atoms with E-state index in [1.807, 2.05) is 74.5 Å². The molecule has 0 heterocycles. The van der Waals surface area contributed by atoms with Crippen molar-refractivity contribution in [2.24, 2.45) is 27.2 Å². The zero-order valence-electron chi connectivity index (χ0n) is 27.2. The first-order valence-electron chi connectivity index (χ1n) is 14.8. The van der Waals surface area contributed by atoms with E-state index in [9.17, 15) is 14.7 Å². The van der Waals surface area contributed by atoms with Gasteiger partial charge in [0, 0.05) is 29.9 Å². The number of nitrogens with zero attached hydrogens (tertiary/aromatic N) is 2. The third-order valence-electron chi connectivity index (χ3n) is 5.92. The van der Waals surface area contributed by atoms with Crippen LogP contribution < -0.4 is 27.3 Å². The van der Waals surface area contributed by atoms with Crippen LogP contribution in [0, 0.1) is 6.92 Å². The van der Waals surface area contributed by atoms with Crippen LogP contribution in [-0.4, -0.2) is 42.6 Å². The van der Waals surface area contributed by atoms with Gasteiger partial charge in [0.25, 0.3) is 5.91 Å². The van der Waals surface area contributed by atoms with Gasteiger partial charge in [-0.3, -0.25) is 19.6 Å². The quantitative estimate of drug-likeness (QED) is 0.0781. The molecular weight excluding hydrogens is 580 g/mol. The van der Waals surface area contributed by atoms with Crippen molar-refractivity contribution in [3.05, 3.63) is 114 Å². The monoisotopic (exact) mass is 626 g/mol. The van der Waals surface area contributed by atoms with E-state index in [1.165, 1.54) is 25.5 Å². The number of rotatable bonds is 9. The molecule has 0 radical (unpaired) electrons. The van der Waals surface area contributed by atoms with Crippen LogP contribution in [0.2, 0.25) is 0 Å². The number of carbonyl (C=O) groups excluding carboxylic acids is 2. The van der Waals surface area contributed by atoms with Gasteiger partial charge in [0.05, 0.1) is 12.0 Å². The predicted molar refractivity (Wildman–Crippen MR) is 190 cm³/mol. The Labute approximate surface area is 272 Å². The van der Waals surface area contributed by atoms with Crippen LogP contribution in [0.4, 0.5) is 11.4 Å². The molecule has 0 aliphatic rings. The molecule has 46 heavy (non-hydrogen) atoms. The normalized spacial score (nSPS) is 10.3. The fourth-order valence-electron chi connectivity index (χ4n) is 3.48. The maximum atomic E-state index is 12.7. The van der Waals surface area contributed by atoms with E-state index in [0.717, 1.165) is 47.0 Å². The zero-order chi connectivity index (χ0) is 34.3. The standard InChI is InChI=1S/C28H24N2O3.C4H10N2.C3H7NO.CH5N/c1-19-11-12-22(28(32)30-23-13-15-24(31)16-14-23)18-27(19)29-20(2)21-7-6-10-26(17-21)33-25-8-4-3-5-9-25;1-2-3-6-4-5;1-2-3(4)5;1-2/h3-18,31H,1-2H3,(H,30,32);4H,2-3H2,1H3,(H2,5,6);2H2,1H3,(H2,4,5);2H2,1H3. The average Bonchev–Trinajstić information content (AvgIpc) is 3.07. The summed E-state index contributed by atoms with van der Waals surface area (Å²) in [5.41, 5.74) is 18.6. The van der Waals surface area contributed by atoms with Crippen molar-refractivity contribution in [2.75, 3.05) is 18.9 Å². The molecule has 4 rings (SSSR count). The van der Waals surface area contributed by atoms with E-state index in [4.69, 9.17) is 15.5 Å². The minimum atomic E-state index is -0.245. The number of para-hydroxylation sites is 1. The van der Waals surface area contributed by atoms with Crippen LogP contribution in [0.5, 0.6) is 17.2 Å². The smallest absolute Gasteiger partial charge is 0.255 e. The highest BCUT2D eigenvalue weighted by Gasteiger charge is 2.10. The van der Waals surface area contributed by atoms with Crippen LogP contribution in [0.25, 0.3) is 0 Å². The van der Waals surface area contributed by atoms with Crippen molar-refractivity contribution in [3.63, 3.8) is 0 Å². The number of aryl methyl sites for hydroxylation is 1. The van der Waals surface area contributed by atoms with E-state index in [0.29, 0.717) is 17.7 Å². The largest absolute Gasteiger partial charge is 0.508 e. The summed E-state index contributed by atoms with van der Waals surface area (Å²) in [7, 11) is 1.50. The Kier molecular flexibility index (Phi) is 18.5. The van der Waals surface area contributed by atoms with Crippen LogP contribution in [0.1, 0.15) is 55.1 Å². The van der Waals surface area contributed by atoms with E-state index in [-0.39, 0.29) is 17.6 Å². The summed E-state index contributed by atoms with van der Waals surface area (Å²) < 4.78 is 5.93. The fourth-order valence-corrected chi connectivity index (χ4v) is 3.48. The van der Waals surface area contributed by atoms with Gasteiger partial charge in [-0.2, -0.15) is 0 Å². The minimum Gasteiger partial charge on any atom is -0.508 e. The number of phenols is 1. The highest BCUT2D eigenvalue weighted by molar-refractivity contribution is 6.05. The first kappa shape index (κ1) is 38.5. The highest BCUT2D eigenvalue weighted by atomic mass is 16.5. The second kappa shape index (κ2) is 22.1. The van der Waals surface area contributed by atoms with E-state index in [1.54, 1.807) is 31.2 Å². The Morgan fingerprint density at radius 2 is 1.50 bits per heavy atom. The number of hydrogen-bond acceptors (Lipinski definition) is 7. The van der Waals surface area contributed by atoms with Crippen LogP contribution in [0.15, 0.2) is 107 Å². The Bertz CT molecular complexity index is 1540. The van der Waals surface area contributed by atoms with Gasteiger partial charge >= 0.3 is 0 Å². The highest BCUT2D eigenvalue weighted by Crippen LogP contribution is 2.25. The second-order valence-electron chi connectivity index (χ2n) is 9.52. The molecule has 10 heteroatoms. The lowest BCUT2D eigenvalue weighted by molar-refractivity contribution is -0.117. The summed E-state index contributed by atoms with van der Waals surface area (Å²) in [5.74, 6) is 1.16. The van der Waals surface area contributed by atoms with E-state index < -0.39 is 0 Å². The molecule has 0 saturated heterocycles. The second-order valence-corrected chi connectivity index (χ2v) is 9.52. The molecule has 0 spiro atoms. The first-order valence-corrected chi connectivity index (χ1v) is 14.8. The summed E-state index contributed by atoms with van der Waals surface area (Å²) in [5, 5.41) is 12.2. The summed E-state index contributed by atoms with van der Waals surface area (Å²) in [6, 6.07) is 29.2. The van der Waals surface area contributed by atoms with E-state index >= 15 is 0 Å². The lowest BCUT2D eigenvalue weighted by atomic mass is 10.1. The topological polar surface area (TPSA) is 178 Å². The number of aliphatic imine (C=N–C) groups is 2. The maximum absolute atomic E-state index is 12.7. The van der Waals surface area contributed by atoms with Crippen LogP contribution in [0.3, 0.4) is 0 Å². The Hall–Kier alpha value is -5.48. The number of ether oxygens (including phenoxy) is 1. The molecule has 0 aliphatic carbocycles. The van der Waals surface area contributed by atoms with Gasteiger partial charge in [0.2, 0.25) is 5.91 Å². The van der Waals surface area contributed by atoms with Gasteiger partial charge in [0.15, 0.2) is 0 Å². The van der Waals surface area contributed by atoms with Gasteiger partial charge in [-0.15, -0.1) is 0 Å². The van der Waals surface area contributed by atoms with Crippen molar-refractivity contribution in [1.82, 2.24) is 0 Å². The third kappa shape index (κ3) is 14.8. The number of nitrogens with one attached hydrogen (secondary N) is 1. The molecule has 10 nitrogen and oxygen atoms in total. The van der Waals surface area contributed by atoms with Gasteiger partial charge in [-0.05, 0) is 99.1 Å². The number of primary amides is 1. The molecule has 0 saturated carbocycles. The van der Waals surface area contributed by atoms with Crippen molar-refractivity contribution in [1.29, 1.82) is 0 Å². The molecule has 244 valence electrons. The molecule has 0 fully saturated rings. The number of benzene rings is 4. The van der Waals surface area contributed by atoms with Crippen molar-refractivity contribution < 1.29 is 19.4 Å². The van der Waals surface area contributed by atoms with E-state index in [2.05, 4.69) is 28.7 Å². The lowest BCUT2D eigenvalue weighted by Gasteiger charge is -2.10. The van der Waals surface area contributed by atoms with Gasteiger partial charge < -0.3 is 32.4 Å². The number of carbonyl (C=O) groups is 2. The summed E-state index contributed by atoms with van der Waals surface area (Å²) in [4.78, 5) is 30.8. The lowest BCUT2D eigenvalue weighted by Crippen LogP contribution is -2.11. The molecule has 0 aromatic heterocycles. The van der Waals surface area contributed by atoms with Crippen LogP contribution >= 0.6 is 0 Å². The molecule has 0 bridgehead atoms. The zero-order valence-corrected chi connectivity index (χ0v) is 27.2. The molecule has 0 unspecified atom stereocenters. The molecule has 8 N–H and O–H groups in total. The maximum Gasteiger partial charge on any atom is 0.255 e. The van der Waals surface area contributed by atoms with Crippen molar-refractivity contribution in [3.8, 4) is 17.2 Å². The van der Waals surface area contributed by atoms with Gasteiger partial charge in [-0.1, -0.05) is 50.2 Å². The molecule has 2 amide bonds. The Morgan fingerprint density at radius 3 is 2.07 bits per heavy atom. The number of aromatic hydroxyl groups is 1. The first-order chi connectivity index (χ1) is 22.2. The number of anilines is 1. The number of nitrogens with two attached hydrogens (primary N) is 3.